The number of ether oxygens (including phenoxy) is 1. The fourth-order valence-electron chi connectivity index (χ4n) is 4.90. The van der Waals surface area contributed by atoms with Crippen LogP contribution in [0.1, 0.15) is 47.0 Å². The van der Waals surface area contributed by atoms with Crippen molar-refractivity contribution in [2.45, 2.75) is 51.2 Å². The summed E-state index contributed by atoms with van der Waals surface area (Å²) in [4.78, 5) is 2.84. The van der Waals surface area contributed by atoms with Gasteiger partial charge in [-0.1, -0.05) is 30.7 Å². The van der Waals surface area contributed by atoms with E-state index in [9.17, 15) is 13.2 Å². The Kier molecular flexibility index (Phi) is 5.84. The number of piperidine rings is 1. The lowest BCUT2D eigenvalue weighted by molar-refractivity contribution is -0.182. The van der Waals surface area contributed by atoms with Gasteiger partial charge in [-0.15, -0.1) is 11.3 Å². The summed E-state index contributed by atoms with van der Waals surface area (Å²) in [7, 11) is 0. The molecule has 0 radical (unpaired) electrons. The van der Waals surface area contributed by atoms with E-state index < -0.39 is 18.1 Å². The molecule has 0 N–H and O–H groups in total. The topological polar surface area (TPSA) is 30.3 Å². The first-order valence-electron chi connectivity index (χ1n) is 11.1. The quantitative estimate of drug-likeness (QED) is 0.431. The van der Waals surface area contributed by atoms with Crippen LogP contribution in [0.4, 0.5) is 13.2 Å². The van der Waals surface area contributed by atoms with E-state index in [2.05, 4.69) is 10.00 Å². The van der Waals surface area contributed by atoms with E-state index in [4.69, 9.17) is 16.3 Å². The summed E-state index contributed by atoms with van der Waals surface area (Å²) in [5.74, 6) is -3.29. The highest BCUT2D eigenvalue weighted by Crippen LogP contribution is 2.52. The Bertz CT molecular complexity index is 1180. The van der Waals surface area contributed by atoms with Crippen molar-refractivity contribution in [3.63, 3.8) is 0 Å². The Labute approximate surface area is 199 Å². The second-order valence-electron chi connectivity index (χ2n) is 8.84. The van der Waals surface area contributed by atoms with Crippen LogP contribution >= 0.6 is 22.9 Å². The highest BCUT2D eigenvalue weighted by molar-refractivity contribution is 7.16. The van der Waals surface area contributed by atoms with Crippen LogP contribution in [-0.4, -0.2) is 34.4 Å². The number of alkyl halides is 2. The van der Waals surface area contributed by atoms with Crippen LogP contribution in [0.3, 0.4) is 0 Å². The molecule has 4 nitrogen and oxygen atoms in total. The monoisotopic (exact) mass is 495 g/mol. The first kappa shape index (κ1) is 22.9. The molecule has 176 valence electrons. The molecule has 2 aromatic heterocycles. The molecule has 0 amide bonds. The molecule has 0 unspecified atom stereocenters. The maximum atomic E-state index is 14.6. The third-order valence-electron chi connectivity index (χ3n) is 6.78. The Morgan fingerprint density at radius 1 is 1.21 bits per heavy atom. The molecular formula is C24H25ClF3N3OS. The van der Waals surface area contributed by atoms with Gasteiger partial charge in [-0.3, -0.25) is 4.90 Å². The molecule has 4 heterocycles. The summed E-state index contributed by atoms with van der Waals surface area (Å²) < 4.78 is 51.1. The van der Waals surface area contributed by atoms with Gasteiger partial charge in [-0.2, -0.15) is 13.9 Å². The maximum absolute atomic E-state index is 14.6. The standard InChI is InChI=1S/C24H25ClF3N3OS/c1-3-16-5-4-6-19(26)21(16)31-13-17(15(2)29-31)12-30-9-7-23(8-10-30)22-18(11-20(25)33-22)24(27,28)14-32-23/h4-6,11,13H,3,7-10,12,14H2,1-2H3. The normalized spacial score (nSPS) is 19.7. The van der Waals surface area contributed by atoms with Gasteiger partial charge in [0, 0.05) is 41.8 Å². The number of likely N-dealkylation sites (tertiary alicyclic amines) is 1. The first-order valence-corrected chi connectivity index (χ1v) is 12.3. The van der Waals surface area contributed by atoms with Crippen LogP contribution in [0.5, 0.6) is 0 Å². The molecule has 0 atom stereocenters. The van der Waals surface area contributed by atoms with Crippen molar-refractivity contribution in [1.29, 1.82) is 0 Å². The lowest BCUT2D eigenvalue weighted by atomic mass is 9.84. The Morgan fingerprint density at radius 3 is 2.70 bits per heavy atom. The van der Waals surface area contributed by atoms with Crippen molar-refractivity contribution >= 4 is 22.9 Å². The SMILES string of the molecule is CCc1cccc(F)c1-n1cc(CN2CCC3(CC2)OCC(F)(F)c2cc(Cl)sc23)c(C)n1. The minimum Gasteiger partial charge on any atom is -0.363 e. The van der Waals surface area contributed by atoms with Crippen molar-refractivity contribution < 1.29 is 17.9 Å². The summed E-state index contributed by atoms with van der Waals surface area (Å²) in [6.45, 7) is 5.37. The molecule has 0 saturated carbocycles. The van der Waals surface area contributed by atoms with Crippen LogP contribution in [0.2, 0.25) is 4.34 Å². The molecule has 0 bridgehead atoms. The van der Waals surface area contributed by atoms with Crippen LogP contribution in [0.15, 0.2) is 30.5 Å². The number of aryl methyl sites for hydroxylation is 2. The number of hydrogen-bond acceptors (Lipinski definition) is 4. The molecule has 2 aliphatic rings. The average molecular weight is 496 g/mol. The molecule has 0 aliphatic carbocycles. The minimum absolute atomic E-state index is 0.0194. The molecule has 9 heteroatoms. The van der Waals surface area contributed by atoms with Gasteiger partial charge < -0.3 is 4.74 Å². The maximum Gasteiger partial charge on any atom is 0.297 e. The van der Waals surface area contributed by atoms with E-state index in [1.807, 2.05) is 26.1 Å². The van der Waals surface area contributed by atoms with Crippen LogP contribution in [0.25, 0.3) is 5.69 Å². The predicted octanol–water partition coefficient (Wildman–Crippen LogP) is 6.21. The van der Waals surface area contributed by atoms with Gasteiger partial charge >= 0.3 is 0 Å². The first-order chi connectivity index (χ1) is 15.7. The van der Waals surface area contributed by atoms with Crippen molar-refractivity contribution in [3.8, 4) is 5.69 Å². The smallest absolute Gasteiger partial charge is 0.297 e. The average Bonchev–Trinajstić information content (AvgIpc) is 3.36. The number of thiophene rings is 1. The molecule has 1 saturated heterocycles. The summed E-state index contributed by atoms with van der Waals surface area (Å²) in [6.07, 6.45) is 3.84. The Hall–Kier alpha value is -1.87. The molecular weight excluding hydrogens is 471 g/mol. The predicted molar refractivity (Wildman–Crippen MR) is 123 cm³/mol. The zero-order chi connectivity index (χ0) is 23.4. The van der Waals surface area contributed by atoms with E-state index in [1.54, 1.807) is 10.7 Å². The highest BCUT2D eigenvalue weighted by atomic mass is 35.5. The number of benzene rings is 1. The van der Waals surface area contributed by atoms with Gasteiger partial charge in [-0.25, -0.2) is 9.07 Å². The van der Waals surface area contributed by atoms with Gasteiger partial charge in [0.15, 0.2) is 0 Å². The van der Waals surface area contributed by atoms with E-state index >= 15 is 0 Å². The fraction of sp³-hybridized carbons (Fsp3) is 0.458. The van der Waals surface area contributed by atoms with E-state index in [-0.39, 0.29) is 11.4 Å². The van der Waals surface area contributed by atoms with Crippen molar-refractivity contribution in [3.05, 3.63) is 67.9 Å². The van der Waals surface area contributed by atoms with E-state index in [1.165, 1.54) is 23.5 Å². The number of hydrogen-bond donors (Lipinski definition) is 0. The summed E-state index contributed by atoms with van der Waals surface area (Å²) in [5, 5.41) is 4.58. The van der Waals surface area contributed by atoms with E-state index in [0.717, 1.165) is 16.8 Å². The fourth-order valence-corrected chi connectivity index (χ4v) is 6.37. The molecule has 33 heavy (non-hydrogen) atoms. The summed E-state index contributed by atoms with van der Waals surface area (Å²) >= 11 is 7.31. The van der Waals surface area contributed by atoms with Gasteiger partial charge in [0.25, 0.3) is 5.92 Å². The molecule has 5 rings (SSSR count). The molecule has 2 aliphatic heterocycles. The number of rotatable bonds is 4. The zero-order valence-corrected chi connectivity index (χ0v) is 20.1. The molecule has 1 spiro atoms. The second kappa shape index (κ2) is 8.41. The van der Waals surface area contributed by atoms with Crippen LogP contribution in [0, 0.1) is 12.7 Å². The Balaban J connectivity index is 1.33. The molecule has 1 fully saturated rings. The van der Waals surface area contributed by atoms with Crippen LogP contribution in [-0.2, 0) is 29.2 Å². The summed E-state index contributed by atoms with van der Waals surface area (Å²) in [5.41, 5.74) is 2.58. The highest BCUT2D eigenvalue weighted by Gasteiger charge is 2.51. The van der Waals surface area contributed by atoms with Gasteiger partial charge in [0.2, 0.25) is 0 Å². The van der Waals surface area contributed by atoms with E-state index in [0.29, 0.717) is 53.8 Å². The number of para-hydroxylation sites is 1. The van der Waals surface area contributed by atoms with Crippen LogP contribution < -0.4 is 0 Å². The third kappa shape index (κ3) is 4.01. The summed E-state index contributed by atoms with van der Waals surface area (Å²) in [6, 6.07) is 6.48. The largest absolute Gasteiger partial charge is 0.363 e. The second-order valence-corrected chi connectivity index (χ2v) is 10.5. The molecule has 3 aromatic rings. The zero-order valence-electron chi connectivity index (χ0n) is 18.5. The lowest BCUT2D eigenvalue weighted by Crippen LogP contribution is -2.48. The number of aromatic nitrogens is 2. The minimum atomic E-state index is -3.00. The van der Waals surface area contributed by atoms with Gasteiger partial charge in [0.1, 0.15) is 23.7 Å². The number of halogens is 4. The lowest BCUT2D eigenvalue weighted by Gasteiger charge is -2.45. The number of nitrogens with zero attached hydrogens (tertiary/aromatic N) is 3. The van der Waals surface area contributed by atoms with Crippen molar-refractivity contribution in [2.24, 2.45) is 0 Å². The van der Waals surface area contributed by atoms with Crippen molar-refractivity contribution in [2.75, 3.05) is 19.7 Å². The van der Waals surface area contributed by atoms with Gasteiger partial charge in [-0.05, 0) is 43.9 Å². The number of fused-ring (bicyclic) bond motifs is 2. The third-order valence-corrected chi connectivity index (χ3v) is 8.23. The van der Waals surface area contributed by atoms with Gasteiger partial charge in [0.05, 0.1) is 10.0 Å². The molecule has 1 aromatic carbocycles. The Morgan fingerprint density at radius 2 is 1.97 bits per heavy atom. The van der Waals surface area contributed by atoms with Crippen molar-refractivity contribution in [1.82, 2.24) is 14.7 Å².